The van der Waals surface area contributed by atoms with E-state index in [0.717, 1.165) is 17.1 Å². The normalized spacial score (nSPS) is 11.7. The Morgan fingerprint density at radius 3 is 1.73 bits per heavy atom. The van der Waals surface area contributed by atoms with Crippen molar-refractivity contribution in [1.29, 1.82) is 0 Å². The van der Waals surface area contributed by atoms with Crippen LogP contribution in [0.1, 0.15) is 0 Å². The van der Waals surface area contributed by atoms with Gasteiger partial charge in [0.25, 0.3) is 0 Å². The molecule has 0 aliphatic heterocycles. The summed E-state index contributed by atoms with van der Waals surface area (Å²) in [5.74, 6) is 0. The van der Waals surface area contributed by atoms with Gasteiger partial charge >= 0.3 is 0 Å². The topological polar surface area (TPSA) is 3.24 Å². The number of thiophene rings is 2. The highest BCUT2D eigenvalue weighted by atomic mass is 32.1. The highest BCUT2D eigenvalue weighted by Gasteiger charge is 2.21. The highest BCUT2D eigenvalue weighted by Crippen LogP contribution is 2.48. The molecule has 3 heteroatoms. The molecular weight excluding hydrogens is 751 g/mol. The summed E-state index contributed by atoms with van der Waals surface area (Å²) in [5.41, 5.74) is 10.5. The highest BCUT2D eigenvalue weighted by molar-refractivity contribution is 7.27. The van der Waals surface area contributed by atoms with Crippen LogP contribution < -0.4 is 4.90 Å². The number of hydrogen-bond acceptors (Lipinski definition) is 3. The maximum absolute atomic E-state index is 2.47. The Balaban J connectivity index is 1.14. The van der Waals surface area contributed by atoms with E-state index in [1.807, 2.05) is 22.7 Å². The molecule has 0 N–H and O–H groups in total. The molecule has 12 aromatic rings. The van der Waals surface area contributed by atoms with Crippen LogP contribution in [-0.4, -0.2) is 0 Å². The van der Waals surface area contributed by atoms with E-state index in [2.05, 4.69) is 217 Å². The second-order valence-corrected chi connectivity index (χ2v) is 17.4. The Hall–Kier alpha value is -7.04. The maximum atomic E-state index is 2.47. The van der Waals surface area contributed by atoms with Crippen molar-refractivity contribution in [3.8, 4) is 33.4 Å². The minimum absolute atomic E-state index is 1.11. The lowest BCUT2D eigenvalue weighted by Crippen LogP contribution is -2.10. The van der Waals surface area contributed by atoms with Gasteiger partial charge in [0.1, 0.15) is 0 Å². The molecule has 0 saturated carbocycles. The third-order valence-corrected chi connectivity index (χ3v) is 14.2. The van der Waals surface area contributed by atoms with Gasteiger partial charge in [0.05, 0.1) is 0 Å². The van der Waals surface area contributed by atoms with E-state index in [9.17, 15) is 0 Å². The molecule has 10 aromatic carbocycles. The number of rotatable bonds is 6. The Bertz CT molecular complexity index is 3560. The molecule has 0 saturated heterocycles. The first-order chi connectivity index (χ1) is 29.2. The van der Waals surface area contributed by atoms with Gasteiger partial charge in [-0.2, -0.15) is 0 Å². The molecule has 59 heavy (non-hydrogen) atoms. The molecule has 0 aliphatic rings. The quantitative estimate of drug-likeness (QED) is 0.162. The molecule has 0 atom stereocenters. The largest absolute Gasteiger partial charge is 0.310 e. The van der Waals surface area contributed by atoms with Crippen LogP contribution in [-0.2, 0) is 0 Å². The minimum atomic E-state index is 1.11. The van der Waals surface area contributed by atoms with Crippen molar-refractivity contribution in [1.82, 2.24) is 0 Å². The molecule has 0 unspecified atom stereocenters. The first-order valence-electron chi connectivity index (χ1n) is 20.1. The Morgan fingerprint density at radius 1 is 0.288 bits per heavy atom. The van der Waals surface area contributed by atoms with Gasteiger partial charge in [-0.15, -0.1) is 22.7 Å². The van der Waals surface area contributed by atoms with Gasteiger partial charge < -0.3 is 4.90 Å². The van der Waals surface area contributed by atoms with E-state index in [1.54, 1.807) is 0 Å². The van der Waals surface area contributed by atoms with E-state index < -0.39 is 0 Å². The van der Waals surface area contributed by atoms with Crippen LogP contribution in [0.3, 0.4) is 0 Å². The van der Waals surface area contributed by atoms with Gasteiger partial charge in [-0.1, -0.05) is 152 Å². The summed E-state index contributed by atoms with van der Waals surface area (Å²) in [6.07, 6.45) is 0. The zero-order chi connectivity index (χ0) is 38.9. The molecule has 2 aromatic heterocycles. The van der Waals surface area contributed by atoms with Gasteiger partial charge in [-0.25, -0.2) is 0 Å². The van der Waals surface area contributed by atoms with E-state index in [4.69, 9.17) is 0 Å². The van der Waals surface area contributed by atoms with Crippen molar-refractivity contribution in [2.75, 3.05) is 4.90 Å². The van der Waals surface area contributed by atoms with Crippen molar-refractivity contribution in [3.63, 3.8) is 0 Å². The van der Waals surface area contributed by atoms with Crippen molar-refractivity contribution >= 4 is 102 Å². The molecule has 0 spiro atoms. The van der Waals surface area contributed by atoms with Gasteiger partial charge in [-0.05, 0) is 110 Å². The SMILES string of the molecule is c1ccc(-c2cccc(N(c3cc(-c4ccccc4)cc(-c4cc5ccccc5c5c4sc4ccccc45)c3)c3ccc4sc5c6ccccc6ccc5c4c3)c2)cc1. The van der Waals surface area contributed by atoms with Crippen LogP contribution in [0.5, 0.6) is 0 Å². The maximum Gasteiger partial charge on any atom is 0.0473 e. The predicted molar refractivity (Wildman–Crippen MR) is 258 cm³/mol. The second-order valence-electron chi connectivity index (χ2n) is 15.3. The van der Waals surface area contributed by atoms with E-state index in [-0.39, 0.29) is 0 Å². The van der Waals surface area contributed by atoms with Crippen LogP contribution >= 0.6 is 22.7 Å². The number of fused-ring (bicyclic) bond motifs is 10. The number of anilines is 3. The minimum Gasteiger partial charge on any atom is -0.310 e. The number of hydrogen-bond donors (Lipinski definition) is 0. The summed E-state index contributed by atoms with van der Waals surface area (Å²) < 4.78 is 5.25. The van der Waals surface area contributed by atoms with E-state index >= 15 is 0 Å². The van der Waals surface area contributed by atoms with Crippen molar-refractivity contribution in [3.05, 3.63) is 212 Å². The molecule has 0 aliphatic carbocycles. The fourth-order valence-electron chi connectivity index (χ4n) is 9.02. The molecular formula is C56H35NS2. The summed E-state index contributed by atoms with van der Waals surface area (Å²) >= 11 is 3.79. The fourth-order valence-corrected chi connectivity index (χ4v) is 11.5. The Morgan fingerprint density at radius 2 is 0.898 bits per heavy atom. The van der Waals surface area contributed by atoms with E-state index in [0.29, 0.717) is 0 Å². The standard InChI is InChI=1S/C56H35NS2/c1-3-14-36(15-4-1)39-20-13-21-43(31-39)57(44-27-29-53-51(35-44)48-28-26-38-18-7-10-23-47(38)55(48)58-53)45-32-41(37-16-5-2-6-17-37)30-42(33-45)50-34-40-19-8-9-22-46(40)54-49-24-11-12-25-52(49)59-56(50)54/h1-35H. The Labute approximate surface area is 350 Å². The summed E-state index contributed by atoms with van der Waals surface area (Å²) in [4.78, 5) is 2.47. The van der Waals surface area contributed by atoms with Crippen molar-refractivity contribution in [2.24, 2.45) is 0 Å². The van der Waals surface area contributed by atoms with Crippen LogP contribution in [0.4, 0.5) is 17.1 Å². The van der Waals surface area contributed by atoms with Crippen LogP contribution in [0.2, 0.25) is 0 Å². The summed E-state index contributed by atoms with van der Waals surface area (Å²) in [6.45, 7) is 0. The lowest BCUT2D eigenvalue weighted by molar-refractivity contribution is 1.29. The first-order valence-corrected chi connectivity index (χ1v) is 21.7. The lowest BCUT2D eigenvalue weighted by Gasteiger charge is -2.27. The smallest absolute Gasteiger partial charge is 0.0473 e. The zero-order valence-corrected chi connectivity index (χ0v) is 33.6. The van der Waals surface area contributed by atoms with Gasteiger partial charge in [-0.3, -0.25) is 0 Å². The summed E-state index contributed by atoms with van der Waals surface area (Å²) in [7, 11) is 0. The molecule has 0 bridgehead atoms. The third-order valence-electron chi connectivity index (χ3n) is 11.8. The fraction of sp³-hybridized carbons (Fsp3) is 0. The van der Waals surface area contributed by atoms with Gasteiger partial charge in [0.15, 0.2) is 0 Å². The van der Waals surface area contributed by atoms with Gasteiger partial charge in [0, 0.05) is 63.0 Å². The zero-order valence-electron chi connectivity index (χ0n) is 32.0. The molecule has 1 nitrogen and oxygen atoms in total. The molecule has 2 heterocycles. The van der Waals surface area contributed by atoms with E-state index in [1.165, 1.54) is 95.3 Å². The average molecular weight is 786 g/mol. The Kier molecular flexibility index (Phi) is 7.97. The second kappa shape index (κ2) is 13.8. The third kappa shape index (κ3) is 5.73. The number of benzene rings is 10. The van der Waals surface area contributed by atoms with Crippen LogP contribution in [0.15, 0.2) is 212 Å². The van der Waals surface area contributed by atoms with Crippen LogP contribution in [0.25, 0.3) is 95.3 Å². The molecule has 0 amide bonds. The average Bonchev–Trinajstić information content (AvgIpc) is 3.89. The monoisotopic (exact) mass is 785 g/mol. The van der Waals surface area contributed by atoms with Crippen molar-refractivity contribution in [2.45, 2.75) is 0 Å². The first kappa shape index (κ1) is 34.0. The summed E-state index contributed by atoms with van der Waals surface area (Å²) in [6, 6.07) is 78.3. The molecule has 0 fully saturated rings. The molecule has 0 radical (unpaired) electrons. The lowest BCUT2D eigenvalue weighted by atomic mass is 9.93. The molecule has 276 valence electrons. The van der Waals surface area contributed by atoms with Gasteiger partial charge in [0.2, 0.25) is 0 Å². The van der Waals surface area contributed by atoms with Crippen LogP contribution in [0, 0.1) is 0 Å². The predicted octanol–water partition coefficient (Wildman–Crippen LogP) is 17.2. The molecule has 12 rings (SSSR count). The van der Waals surface area contributed by atoms with Crippen molar-refractivity contribution < 1.29 is 0 Å². The summed E-state index contributed by atoms with van der Waals surface area (Å²) in [5, 5.41) is 10.4. The number of nitrogens with zero attached hydrogens (tertiary/aromatic N) is 1.